The summed E-state index contributed by atoms with van der Waals surface area (Å²) in [7, 11) is -1.61. The smallest absolute Gasteiger partial charge is 0.253 e. The van der Waals surface area contributed by atoms with Crippen LogP contribution < -0.4 is 5.32 Å². The molecule has 0 aliphatic carbocycles. The van der Waals surface area contributed by atoms with Gasteiger partial charge >= 0.3 is 0 Å². The van der Waals surface area contributed by atoms with E-state index in [2.05, 4.69) is 11.2 Å². The number of hydrogen-bond donors (Lipinski definition) is 1. The van der Waals surface area contributed by atoms with Crippen molar-refractivity contribution >= 4 is 21.4 Å². The van der Waals surface area contributed by atoms with Crippen molar-refractivity contribution in [3.8, 4) is 12.3 Å². The molecule has 1 aromatic heterocycles. The summed E-state index contributed by atoms with van der Waals surface area (Å²) in [5.41, 5.74) is 0. The molecule has 17 heavy (non-hydrogen) atoms. The van der Waals surface area contributed by atoms with E-state index < -0.39 is 10.0 Å². The van der Waals surface area contributed by atoms with Crippen LogP contribution in [-0.2, 0) is 16.6 Å². The summed E-state index contributed by atoms with van der Waals surface area (Å²) < 4.78 is 26.0. The van der Waals surface area contributed by atoms with Gasteiger partial charge in [0.15, 0.2) is 0 Å². The zero-order valence-corrected chi connectivity index (χ0v) is 11.6. The Morgan fingerprint density at radius 3 is 2.76 bits per heavy atom. The Morgan fingerprint density at radius 1 is 1.53 bits per heavy atom. The molecule has 0 saturated carbocycles. The van der Waals surface area contributed by atoms with Crippen LogP contribution in [0.1, 0.15) is 11.8 Å². The molecule has 0 radical (unpaired) electrons. The Balaban J connectivity index is 2.99. The molecule has 0 aliphatic heterocycles. The lowest BCUT2D eigenvalue weighted by atomic mass is 10.5. The lowest BCUT2D eigenvalue weighted by Gasteiger charge is -2.16. The van der Waals surface area contributed by atoms with Gasteiger partial charge in [-0.3, -0.25) is 0 Å². The molecular formula is C11H16N2O2S2. The van der Waals surface area contributed by atoms with Crippen molar-refractivity contribution in [3.05, 3.63) is 17.0 Å². The zero-order valence-electron chi connectivity index (χ0n) is 9.93. The lowest BCUT2D eigenvalue weighted by molar-refractivity contribution is 0.466. The maximum Gasteiger partial charge on any atom is 0.253 e. The van der Waals surface area contributed by atoms with Crippen molar-refractivity contribution in [1.82, 2.24) is 9.62 Å². The fourth-order valence-corrected chi connectivity index (χ4v) is 4.25. The molecule has 0 amide bonds. The van der Waals surface area contributed by atoms with E-state index in [1.165, 1.54) is 15.6 Å². The predicted octanol–water partition coefficient (Wildman–Crippen LogP) is 1.11. The van der Waals surface area contributed by atoms with Gasteiger partial charge in [-0.15, -0.1) is 17.8 Å². The van der Waals surface area contributed by atoms with Gasteiger partial charge in [-0.1, -0.05) is 12.8 Å². The van der Waals surface area contributed by atoms with Crippen LogP contribution >= 0.6 is 11.3 Å². The first-order valence-electron chi connectivity index (χ1n) is 5.23. The van der Waals surface area contributed by atoms with E-state index in [0.717, 1.165) is 4.88 Å². The average molecular weight is 272 g/mol. The number of rotatable bonds is 6. The number of hydrogen-bond acceptors (Lipinski definition) is 4. The third kappa shape index (κ3) is 3.30. The van der Waals surface area contributed by atoms with E-state index in [-0.39, 0.29) is 6.54 Å². The number of thiophene rings is 1. The minimum Gasteiger partial charge on any atom is -0.315 e. The highest BCUT2D eigenvalue weighted by Crippen LogP contribution is 2.24. The van der Waals surface area contributed by atoms with Crippen LogP contribution in [0.3, 0.4) is 0 Å². The quantitative estimate of drug-likeness (QED) is 0.789. The van der Waals surface area contributed by atoms with E-state index in [9.17, 15) is 8.42 Å². The second-order valence-corrected chi connectivity index (χ2v) is 6.72. The Morgan fingerprint density at radius 2 is 2.24 bits per heavy atom. The van der Waals surface area contributed by atoms with Crippen LogP contribution in [0.2, 0.25) is 0 Å². The molecule has 0 saturated heterocycles. The standard InChI is InChI=1S/C11H16N2O2S2/c1-4-8-13(5-2)17(14,15)11-7-6-10(16-11)9-12-3/h1,6-7,12H,5,8-9H2,2-3H3. The van der Waals surface area contributed by atoms with Gasteiger partial charge in [0.2, 0.25) is 0 Å². The number of nitrogens with one attached hydrogen (secondary N) is 1. The van der Waals surface area contributed by atoms with Crippen LogP contribution in [-0.4, -0.2) is 32.9 Å². The zero-order chi connectivity index (χ0) is 12.9. The first kappa shape index (κ1) is 14.2. The summed E-state index contributed by atoms with van der Waals surface area (Å²) >= 11 is 1.27. The molecule has 1 N–H and O–H groups in total. The van der Waals surface area contributed by atoms with Crippen molar-refractivity contribution in [2.45, 2.75) is 17.7 Å². The summed E-state index contributed by atoms with van der Waals surface area (Å²) in [5.74, 6) is 2.37. The van der Waals surface area contributed by atoms with Gasteiger partial charge in [0, 0.05) is 18.0 Å². The highest BCUT2D eigenvalue weighted by molar-refractivity contribution is 7.91. The highest BCUT2D eigenvalue weighted by Gasteiger charge is 2.23. The van der Waals surface area contributed by atoms with E-state index in [1.807, 2.05) is 13.1 Å². The largest absolute Gasteiger partial charge is 0.315 e. The van der Waals surface area contributed by atoms with Gasteiger partial charge in [0.05, 0.1) is 6.54 Å². The maximum atomic E-state index is 12.2. The summed E-state index contributed by atoms with van der Waals surface area (Å²) in [4.78, 5) is 0.989. The number of terminal acetylenes is 1. The van der Waals surface area contributed by atoms with Crippen LogP contribution in [0.4, 0.5) is 0 Å². The predicted molar refractivity (Wildman–Crippen MR) is 70.3 cm³/mol. The molecule has 1 aromatic rings. The van der Waals surface area contributed by atoms with Crippen molar-refractivity contribution in [2.24, 2.45) is 0 Å². The molecule has 1 heterocycles. The Kier molecular flexibility index (Phi) is 5.15. The van der Waals surface area contributed by atoms with E-state index in [0.29, 0.717) is 17.3 Å². The average Bonchev–Trinajstić information content (AvgIpc) is 2.75. The second-order valence-electron chi connectivity index (χ2n) is 3.39. The van der Waals surface area contributed by atoms with Gasteiger partial charge in [0.25, 0.3) is 10.0 Å². The molecule has 0 aliphatic rings. The molecule has 0 atom stereocenters. The summed E-state index contributed by atoms with van der Waals surface area (Å²) in [5, 5.41) is 2.99. The monoisotopic (exact) mass is 272 g/mol. The van der Waals surface area contributed by atoms with Gasteiger partial charge in [-0.25, -0.2) is 8.42 Å². The van der Waals surface area contributed by atoms with E-state index >= 15 is 0 Å². The van der Waals surface area contributed by atoms with E-state index in [1.54, 1.807) is 13.0 Å². The number of nitrogens with zero attached hydrogens (tertiary/aromatic N) is 1. The molecule has 0 spiro atoms. The maximum absolute atomic E-state index is 12.2. The third-order valence-electron chi connectivity index (χ3n) is 2.20. The number of sulfonamides is 1. The summed E-state index contributed by atoms with van der Waals surface area (Å²) in [6.07, 6.45) is 5.17. The minimum atomic E-state index is -3.43. The van der Waals surface area contributed by atoms with E-state index in [4.69, 9.17) is 6.42 Å². The first-order valence-corrected chi connectivity index (χ1v) is 7.48. The van der Waals surface area contributed by atoms with Crippen LogP contribution in [0, 0.1) is 12.3 Å². The topological polar surface area (TPSA) is 49.4 Å². The molecule has 6 heteroatoms. The molecule has 0 bridgehead atoms. The first-order chi connectivity index (χ1) is 8.06. The van der Waals surface area contributed by atoms with Gasteiger partial charge in [-0.05, 0) is 19.2 Å². The fourth-order valence-electron chi connectivity index (χ4n) is 1.36. The molecule has 0 aromatic carbocycles. The Hall–Kier alpha value is -0.870. The second kappa shape index (κ2) is 6.17. The molecule has 94 valence electrons. The molecule has 1 rings (SSSR count). The normalized spacial score (nSPS) is 11.6. The van der Waals surface area contributed by atoms with Gasteiger partial charge < -0.3 is 5.32 Å². The van der Waals surface area contributed by atoms with Crippen molar-refractivity contribution in [3.63, 3.8) is 0 Å². The fraction of sp³-hybridized carbons (Fsp3) is 0.455. The summed E-state index contributed by atoms with van der Waals surface area (Å²) in [6.45, 7) is 2.93. The van der Waals surface area contributed by atoms with Crippen molar-refractivity contribution in [1.29, 1.82) is 0 Å². The lowest BCUT2D eigenvalue weighted by Crippen LogP contribution is -2.30. The molecule has 4 nitrogen and oxygen atoms in total. The van der Waals surface area contributed by atoms with Gasteiger partial charge in [0.1, 0.15) is 4.21 Å². The summed E-state index contributed by atoms with van der Waals surface area (Å²) in [6, 6.07) is 3.45. The molecular weight excluding hydrogens is 256 g/mol. The van der Waals surface area contributed by atoms with Crippen LogP contribution in [0.5, 0.6) is 0 Å². The van der Waals surface area contributed by atoms with Crippen molar-refractivity contribution < 1.29 is 8.42 Å². The Bertz CT molecular complexity index is 500. The SMILES string of the molecule is C#CCN(CC)S(=O)(=O)c1ccc(CNC)s1. The van der Waals surface area contributed by atoms with Crippen LogP contribution in [0.15, 0.2) is 16.3 Å². The Labute approximate surface area is 107 Å². The van der Waals surface area contributed by atoms with Gasteiger partial charge in [-0.2, -0.15) is 4.31 Å². The van der Waals surface area contributed by atoms with Crippen LogP contribution in [0.25, 0.3) is 0 Å². The molecule has 0 unspecified atom stereocenters. The minimum absolute atomic E-state index is 0.109. The molecule has 0 fully saturated rings. The van der Waals surface area contributed by atoms with Crippen molar-refractivity contribution in [2.75, 3.05) is 20.1 Å². The third-order valence-corrected chi connectivity index (χ3v) is 5.68. The highest BCUT2D eigenvalue weighted by atomic mass is 32.2.